The number of nitrogens with one attached hydrogen (secondary N) is 2. The minimum absolute atomic E-state index is 0.0766. The lowest BCUT2D eigenvalue weighted by atomic mass is 10.0. The summed E-state index contributed by atoms with van der Waals surface area (Å²) in [7, 11) is -3.25. The van der Waals surface area contributed by atoms with Gasteiger partial charge in [-0.05, 0) is 56.4 Å². The summed E-state index contributed by atoms with van der Waals surface area (Å²) in [6.45, 7) is 5.81. The molecule has 0 aliphatic carbocycles. The van der Waals surface area contributed by atoms with Crippen LogP contribution in [0.1, 0.15) is 48.5 Å². The molecule has 2 heterocycles. The van der Waals surface area contributed by atoms with E-state index < -0.39 is 10.0 Å². The first kappa shape index (κ1) is 19.2. The number of hydrogen-bond acceptors (Lipinski definition) is 3. The molecule has 2 N–H and O–H groups in total. The van der Waals surface area contributed by atoms with Crippen LogP contribution in [-0.2, 0) is 16.4 Å². The molecule has 1 aromatic carbocycles. The zero-order chi connectivity index (χ0) is 18.7. The van der Waals surface area contributed by atoms with E-state index in [1.165, 1.54) is 36.4 Å². The fourth-order valence-electron chi connectivity index (χ4n) is 4.10. The molecule has 3 rings (SSSR count). The maximum absolute atomic E-state index is 12.4. The van der Waals surface area contributed by atoms with E-state index in [0.29, 0.717) is 30.8 Å². The monoisotopic (exact) mass is 380 g/mol. The van der Waals surface area contributed by atoms with Gasteiger partial charge in [0.05, 0.1) is 31.1 Å². The smallest absolute Gasteiger partial charge is 0.251 e. The minimum Gasteiger partial charge on any atom is -0.352 e. The zero-order valence-electron chi connectivity index (χ0n) is 15.8. The van der Waals surface area contributed by atoms with Crippen LogP contribution in [0, 0.1) is 0 Å². The lowest BCUT2D eigenvalue weighted by Gasteiger charge is -2.30. The number of fused-ring (bicyclic) bond motifs is 1. The van der Waals surface area contributed by atoms with Gasteiger partial charge in [0.2, 0.25) is 10.0 Å². The number of carbonyl (C=O) groups excluding carboxylic acids is 1. The van der Waals surface area contributed by atoms with Gasteiger partial charge in [0, 0.05) is 25.1 Å². The first-order valence-electron chi connectivity index (χ1n) is 9.59. The van der Waals surface area contributed by atoms with E-state index in [4.69, 9.17) is 0 Å². The van der Waals surface area contributed by atoms with Crippen LogP contribution >= 0.6 is 0 Å². The number of carbonyl (C=O) groups is 1. The highest BCUT2D eigenvalue weighted by Gasteiger charge is 2.26. The van der Waals surface area contributed by atoms with E-state index in [-0.39, 0.29) is 5.91 Å². The fourth-order valence-corrected chi connectivity index (χ4v) is 5.06. The van der Waals surface area contributed by atoms with Crippen LogP contribution < -0.4 is 14.5 Å². The van der Waals surface area contributed by atoms with Crippen molar-refractivity contribution in [1.29, 1.82) is 0 Å². The van der Waals surface area contributed by atoms with Crippen LogP contribution in [0.2, 0.25) is 0 Å². The summed E-state index contributed by atoms with van der Waals surface area (Å²) in [5.41, 5.74) is 2.24. The Hall–Kier alpha value is -1.60. The number of anilines is 1. The number of likely N-dealkylation sites (tertiary alicyclic amines) is 1. The second-order valence-corrected chi connectivity index (χ2v) is 9.50. The Bertz CT molecular complexity index is 763. The van der Waals surface area contributed by atoms with E-state index in [9.17, 15) is 13.2 Å². The van der Waals surface area contributed by atoms with Crippen molar-refractivity contribution in [1.82, 2.24) is 5.32 Å². The summed E-state index contributed by atoms with van der Waals surface area (Å²) in [5.74, 6) is -0.0766. The summed E-state index contributed by atoms with van der Waals surface area (Å²) in [5, 5.41) is 3.00. The van der Waals surface area contributed by atoms with E-state index in [1.807, 2.05) is 6.07 Å². The molecule has 1 aromatic rings. The van der Waals surface area contributed by atoms with Crippen LogP contribution in [-0.4, -0.2) is 52.8 Å². The molecule has 0 saturated carbocycles. The van der Waals surface area contributed by atoms with E-state index in [1.54, 1.807) is 17.0 Å². The van der Waals surface area contributed by atoms with Crippen LogP contribution in [0.15, 0.2) is 18.2 Å². The molecule has 2 atom stereocenters. The van der Waals surface area contributed by atoms with Crippen molar-refractivity contribution in [2.75, 3.05) is 36.7 Å². The molecule has 2 aliphatic rings. The molecule has 1 fully saturated rings. The molecule has 26 heavy (non-hydrogen) atoms. The largest absolute Gasteiger partial charge is 0.352 e. The van der Waals surface area contributed by atoms with Crippen molar-refractivity contribution >= 4 is 21.6 Å². The Kier molecular flexibility index (Phi) is 5.87. The van der Waals surface area contributed by atoms with Crippen molar-refractivity contribution in [3.05, 3.63) is 29.3 Å². The SMILES string of the molecule is C[C@H]1CCCC[NH+]1CCCNC(=O)c1ccc2c(c1)CCN2S(C)(=O)=O. The Labute approximate surface area is 156 Å². The standard InChI is InChI=1S/C19H29N3O3S/c1-15-6-3-4-11-21(15)12-5-10-20-19(23)17-7-8-18-16(14-17)9-13-22(18)26(2,24)25/h7-8,14-15H,3-6,9-13H2,1-2H3,(H,20,23)/p+1/t15-/m0/s1. The van der Waals surface area contributed by atoms with E-state index in [2.05, 4.69) is 12.2 Å². The van der Waals surface area contributed by atoms with Crippen LogP contribution in [0.25, 0.3) is 0 Å². The zero-order valence-corrected chi connectivity index (χ0v) is 16.6. The number of sulfonamides is 1. The van der Waals surface area contributed by atoms with Gasteiger partial charge in [-0.3, -0.25) is 9.10 Å². The summed E-state index contributed by atoms with van der Waals surface area (Å²) in [6, 6.07) is 6.02. The third-order valence-electron chi connectivity index (χ3n) is 5.64. The van der Waals surface area contributed by atoms with Crippen molar-refractivity contribution in [2.24, 2.45) is 0 Å². The van der Waals surface area contributed by atoms with Gasteiger partial charge in [-0.2, -0.15) is 0 Å². The minimum atomic E-state index is -3.25. The highest BCUT2D eigenvalue weighted by atomic mass is 32.2. The predicted octanol–water partition coefficient (Wildman–Crippen LogP) is 0.586. The van der Waals surface area contributed by atoms with Crippen LogP contribution in [0.3, 0.4) is 0 Å². The first-order valence-corrected chi connectivity index (χ1v) is 11.4. The maximum atomic E-state index is 12.4. The van der Waals surface area contributed by atoms with E-state index in [0.717, 1.165) is 24.6 Å². The third-order valence-corrected chi connectivity index (χ3v) is 6.82. The molecular weight excluding hydrogens is 350 g/mol. The van der Waals surface area contributed by atoms with Crippen LogP contribution in [0.5, 0.6) is 0 Å². The molecule has 1 saturated heterocycles. The Balaban J connectivity index is 1.51. The number of rotatable bonds is 6. The summed E-state index contributed by atoms with van der Waals surface area (Å²) in [6.07, 6.45) is 6.81. The van der Waals surface area contributed by atoms with Crippen molar-refractivity contribution in [3.8, 4) is 0 Å². The number of amides is 1. The lowest BCUT2D eigenvalue weighted by Crippen LogP contribution is -3.16. The topological polar surface area (TPSA) is 70.9 Å². The Morgan fingerprint density at radius 1 is 1.35 bits per heavy atom. The molecule has 1 amide bonds. The number of piperidine rings is 1. The van der Waals surface area contributed by atoms with Gasteiger partial charge in [-0.1, -0.05) is 0 Å². The highest BCUT2D eigenvalue weighted by molar-refractivity contribution is 7.92. The van der Waals surface area contributed by atoms with Gasteiger partial charge >= 0.3 is 0 Å². The summed E-state index contributed by atoms with van der Waals surface area (Å²) in [4.78, 5) is 14.0. The second kappa shape index (κ2) is 7.96. The lowest BCUT2D eigenvalue weighted by molar-refractivity contribution is -0.928. The van der Waals surface area contributed by atoms with E-state index >= 15 is 0 Å². The number of quaternary nitrogens is 1. The number of benzene rings is 1. The summed E-state index contributed by atoms with van der Waals surface area (Å²) < 4.78 is 25.0. The molecular formula is C19H30N3O3S+. The Morgan fingerprint density at radius 3 is 2.88 bits per heavy atom. The molecule has 0 aromatic heterocycles. The van der Waals surface area contributed by atoms with Gasteiger partial charge in [0.25, 0.3) is 5.91 Å². The molecule has 0 radical (unpaired) electrons. The molecule has 0 spiro atoms. The van der Waals surface area contributed by atoms with Crippen molar-refractivity contribution in [3.63, 3.8) is 0 Å². The molecule has 144 valence electrons. The quantitative estimate of drug-likeness (QED) is 0.710. The molecule has 7 heteroatoms. The van der Waals surface area contributed by atoms with Gasteiger partial charge < -0.3 is 10.2 Å². The highest BCUT2D eigenvalue weighted by Crippen LogP contribution is 2.30. The summed E-state index contributed by atoms with van der Waals surface area (Å²) >= 11 is 0. The van der Waals surface area contributed by atoms with Crippen LogP contribution in [0.4, 0.5) is 5.69 Å². The van der Waals surface area contributed by atoms with Gasteiger partial charge in [0.15, 0.2) is 0 Å². The number of hydrogen-bond donors (Lipinski definition) is 2. The molecule has 1 unspecified atom stereocenters. The van der Waals surface area contributed by atoms with Gasteiger partial charge in [-0.15, -0.1) is 0 Å². The maximum Gasteiger partial charge on any atom is 0.251 e. The third kappa shape index (κ3) is 4.38. The van der Waals surface area contributed by atoms with Crippen molar-refractivity contribution in [2.45, 2.75) is 45.1 Å². The molecule has 2 aliphatic heterocycles. The first-order chi connectivity index (χ1) is 12.4. The van der Waals surface area contributed by atoms with Gasteiger partial charge in [0.1, 0.15) is 0 Å². The normalized spacial score (nSPS) is 22.9. The predicted molar refractivity (Wildman–Crippen MR) is 103 cm³/mol. The average molecular weight is 381 g/mol. The van der Waals surface area contributed by atoms with Gasteiger partial charge in [-0.25, -0.2) is 8.42 Å². The average Bonchev–Trinajstić information content (AvgIpc) is 3.03. The molecule has 0 bridgehead atoms. The number of nitrogens with zero attached hydrogens (tertiary/aromatic N) is 1. The Morgan fingerprint density at radius 2 is 2.15 bits per heavy atom. The molecule has 6 nitrogen and oxygen atoms in total. The second-order valence-electron chi connectivity index (χ2n) is 7.59. The fraction of sp³-hybridized carbons (Fsp3) is 0.632. The van der Waals surface area contributed by atoms with Crippen molar-refractivity contribution < 1.29 is 18.1 Å².